The summed E-state index contributed by atoms with van der Waals surface area (Å²) in [6, 6.07) is 1.87. The maximum atomic E-state index is 12.4. The summed E-state index contributed by atoms with van der Waals surface area (Å²) in [5.74, 6) is 1.01. The fourth-order valence-electron chi connectivity index (χ4n) is 2.86. The van der Waals surface area contributed by atoms with Crippen LogP contribution in [0.1, 0.15) is 37.2 Å². The lowest BCUT2D eigenvalue weighted by Gasteiger charge is -2.35. The monoisotopic (exact) mass is 290 g/mol. The Morgan fingerprint density at radius 3 is 2.80 bits per heavy atom. The van der Waals surface area contributed by atoms with Crippen LogP contribution in [0.15, 0.2) is 22.1 Å². The third-order valence-corrected chi connectivity index (χ3v) is 4.48. The summed E-state index contributed by atoms with van der Waals surface area (Å²) >= 11 is 4.64. The molecular formula is C15H18N2O2S. The Hall–Kier alpha value is -1.29. The Morgan fingerprint density at radius 1 is 1.45 bits per heavy atom. The van der Waals surface area contributed by atoms with Gasteiger partial charge >= 0.3 is 0 Å². The van der Waals surface area contributed by atoms with Crippen LogP contribution in [0.25, 0.3) is 0 Å². The number of pyridine rings is 1. The summed E-state index contributed by atoms with van der Waals surface area (Å²) in [4.78, 5) is 16.3. The van der Waals surface area contributed by atoms with Gasteiger partial charge in [-0.25, -0.2) is 0 Å². The molecule has 1 aromatic rings. The molecule has 0 radical (unpaired) electrons. The van der Waals surface area contributed by atoms with Crippen LogP contribution in [-0.4, -0.2) is 22.9 Å². The van der Waals surface area contributed by atoms with Crippen molar-refractivity contribution in [3.63, 3.8) is 0 Å². The predicted octanol–water partition coefficient (Wildman–Crippen LogP) is 2.89. The molecule has 2 atom stereocenters. The molecule has 1 aromatic heterocycles. The molecule has 0 aliphatic heterocycles. The van der Waals surface area contributed by atoms with Gasteiger partial charge in [0.1, 0.15) is 5.69 Å². The van der Waals surface area contributed by atoms with Crippen LogP contribution >= 0.6 is 12.2 Å². The van der Waals surface area contributed by atoms with E-state index in [2.05, 4.69) is 22.4 Å². The largest absolute Gasteiger partial charge is 0.381 e. The van der Waals surface area contributed by atoms with E-state index in [1.165, 1.54) is 18.4 Å². The van der Waals surface area contributed by atoms with Crippen LogP contribution in [0.5, 0.6) is 0 Å². The molecule has 0 amide bonds. The first-order valence-corrected chi connectivity index (χ1v) is 7.48. The predicted molar refractivity (Wildman–Crippen MR) is 80.9 cm³/mol. The smallest absolute Gasteiger partial charge is 0.277 e. The minimum atomic E-state index is -0.0755. The first-order valence-electron chi connectivity index (χ1n) is 7.08. The highest BCUT2D eigenvalue weighted by Gasteiger charge is 2.32. The van der Waals surface area contributed by atoms with Crippen LogP contribution in [0, 0.1) is 5.92 Å². The molecular weight excluding hydrogens is 272 g/mol. The second kappa shape index (κ2) is 5.60. The Morgan fingerprint density at radius 2 is 2.25 bits per heavy atom. The Balaban J connectivity index is 1.91. The second-order valence-electron chi connectivity index (χ2n) is 5.71. The Bertz CT molecular complexity index is 613. The standard InChI is InChI=1S/C15H18N2O2S/c1-19-14-5-4-11(14)7-17-8-12(10-2-3-10)6-13(15(17)18)16-9-20/h6,8,10-11,14H,2-5,7H2,1H3/t11-,14-/m0/s1. The topological polar surface area (TPSA) is 43.6 Å². The molecule has 0 saturated heterocycles. The summed E-state index contributed by atoms with van der Waals surface area (Å²) in [5, 5.41) is 2.31. The van der Waals surface area contributed by atoms with E-state index in [1.807, 2.05) is 12.3 Å². The summed E-state index contributed by atoms with van der Waals surface area (Å²) in [5.41, 5.74) is 1.54. The van der Waals surface area contributed by atoms with E-state index in [0.29, 0.717) is 24.1 Å². The molecule has 2 fully saturated rings. The van der Waals surface area contributed by atoms with Gasteiger partial charge in [-0.05, 0) is 55.4 Å². The molecule has 2 aliphatic rings. The fraction of sp³-hybridized carbons (Fsp3) is 0.600. The van der Waals surface area contributed by atoms with Gasteiger partial charge in [-0.2, -0.15) is 4.99 Å². The fourth-order valence-corrected chi connectivity index (χ4v) is 2.96. The molecule has 3 rings (SSSR count). The lowest BCUT2D eigenvalue weighted by molar-refractivity contribution is -0.0236. The quantitative estimate of drug-likeness (QED) is 0.618. The Kier molecular flexibility index (Phi) is 3.83. The molecule has 4 nitrogen and oxygen atoms in total. The third kappa shape index (κ3) is 2.62. The molecule has 0 aromatic carbocycles. The zero-order valence-corrected chi connectivity index (χ0v) is 12.4. The van der Waals surface area contributed by atoms with Crippen LogP contribution in [0.2, 0.25) is 0 Å². The van der Waals surface area contributed by atoms with Gasteiger partial charge in [0, 0.05) is 25.8 Å². The van der Waals surface area contributed by atoms with Gasteiger partial charge in [0.15, 0.2) is 0 Å². The lowest BCUT2D eigenvalue weighted by Crippen LogP contribution is -2.38. The highest BCUT2D eigenvalue weighted by Crippen LogP contribution is 2.40. The number of methoxy groups -OCH3 is 1. The minimum Gasteiger partial charge on any atom is -0.381 e. The second-order valence-corrected chi connectivity index (χ2v) is 5.89. The van der Waals surface area contributed by atoms with Crippen molar-refractivity contribution in [3.05, 3.63) is 28.2 Å². The molecule has 0 bridgehead atoms. The van der Waals surface area contributed by atoms with Crippen molar-refractivity contribution in [3.8, 4) is 0 Å². The van der Waals surface area contributed by atoms with E-state index in [9.17, 15) is 4.79 Å². The maximum absolute atomic E-state index is 12.4. The van der Waals surface area contributed by atoms with Gasteiger partial charge in [-0.15, -0.1) is 0 Å². The molecule has 0 N–H and O–H groups in total. The molecule has 0 unspecified atom stereocenters. The van der Waals surface area contributed by atoms with Crippen LogP contribution < -0.4 is 5.56 Å². The summed E-state index contributed by atoms with van der Waals surface area (Å²) < 4.78 is 7.20. The number of hydrogen-bond acceptors (Lipinski definition) is 4. The number of aliphatic imine (C=N–C) groups is 1. The number of rotatable bonds is 5. The minimum absolute atomic E-state index is 0.0755. The number of aromatic nitrogens is 1. The number of thiocarbonyl (C=S) groups is 1. The van der Waals surface area contributed by atoms with Crippen molar-refractivity contribution in [2.24, 2.45) is 10.9 Å². The van der Waals surface area contributed by atoms with E-state index in [-0.39, 0.29) is 11.7 Å². The SMILES string of the molecule is CO[C@H]1CC[C@H]1Cn1cc(C2CC2)cc(N=C=S)c1=O. The normalized spacial score (nSPS) is 24.9. The molecule has 2 saturated carbocycles. The van der Waals surface area contributed by atoms with Crippen molar-refractivity contribution < 1.29 is 4.74 Å². The van der Waals surface area contributed by atoms with E-state index >= 15 is 0 Å². The highest BCUT2D eigenvalue weighted by molar-refractivity contribution is 7.78. The van der Waals surface area contributed by atoms with Crippen molar-refractivity contribution >= 4 is 23.1 Å². The molecule has 0 spiro atoms. The van der Waals surface area contributed by atoms with Gasteiger partial charge in [0.05, 0.1) is 11.3 Å². The number of hydrogen-bond donors (Lipinski definition) is 0. The lowest BCUT2D eigenvalue weighted by atomic mass is 9.81. The van der Waals surface area contributed by atoms with Gasteiger partial charge in [0.25, 0.3) is 5.56 Å². The van der Waals surface area contributed by atoms with Crippen LogP contribution in [0.4, 0.5) is 5.69 Å². The van der Waals surface area contributed by atoms with Gasteiger partial charge < -0.3 is 9.30 Å². The highest BCUT2D eigenvalue weighted by atomic mass is 32.1. The molecule has 1 heterocycles. The van der Waals surface area contributed by atoms with E-state index in [0.717, 1.165) is 12.8 Å². The average molecular weight is 290 g/mol. The van der Waals surface area contributed by atoms with Crippen molar-refractivity contribution in [1.82, 2.24) is 4.57 Å². The molecule has 20 heavy (non-hydrogen) atoms. The van der Waals surface area contributed by atoms with E-state index < -0.39 is 0 Å². The number of nitrogens with zero attached hydrogens (tertiary/aromatic N) is 2. The summed E-state index contributed by atoms with van der Waals surface area (Å²) in [7, 11) is 1.74. The number of isothiocyanates is 1. The van der Waals surface area contributed by atoms with Crippen LogP contribution in [-0.2, 0) is 11.3 Å². The van der Waals surface area contributed by atoms with Crippen molar-refractivity contribution in [2.75, 3.05) is 7.11 Å². The third-order valence-electron chi connectivity index (χ3n) is 4.38. The molecule has 106 valence electrons. The number of ether oxygens (including phenoxy) is 1. The van der Waals surface area contributed by atoms with Gasteiger partial charge in [0.2, 0.25) is 0 Å². The van der Waals surface area contributed by atoms with Gasteiger partial charge in [-0.3, -0.25) is 4.79 Å². The van der Waals surface area contributed by atoms with Crippen molar-refractivity contribution in [1.29, 1.82) is 0 Å². The zero-order chi connectivity index (χ0) is 14.1. The van der Waals surface area contributed by atoms with E-state index in [4.69, 9.17) is 4.74 Å². The average Bonchev–Trinajstić information content (AvgIpc) is 3.23. The van der Waals surface area contributed by atoms with E-state index in [1.54, 1.807) is 11.7 Å². The first-order chi connectivity index (χ1) is 9.72. The van der Waals surface area contributed by atoms with Crippen molar-refractivity contribution in [2.45, 2.75) is 44.2 Å². The van der Waals surface area contributed by atoms with Crippen LogP contribution in [0.3, 0.4) is 0 Å². The summed E-state index contributed by atoms with van der Waals surface area (Å²) in [6.45, 7) is 0.706. The molecule has 2 aliphatic carbocycles. The molecule has 5 heteroatoms. The Labute approximate surface area is 123 Å². The van der Waals surface area contributed by atoms with Gasteiger partial charge in [-0.1, -0.05) is 0 Å². The summed E-state index contributed by atoms with van der Waals surface area (Å²) in [6.07, 6.45) is 6.87. The zero-order valence-electron chi connectivity index (χ0n) is 11.5. The first kappa shape index (κ1) is 13.7. The maximum Gasteiger partial charge on any atom is 0.277 e.